The predicted octanol–water partition coefficient (Wildman–Crippen LogP) is 3.10. The van der Waals surface area contributed by atoms with E-state index in [4.69, 9.17) is 20.6 Å². The lowest BCUT2D eigenvalue weighted by molar-refractivity contribution is 0.117. The van der Waals surface area contributed by atoms with Gasteiger partial charge in [-0.05, 0) is 42.8 Å². The van der Waals surface area contributed by atoms with Crippen LogP contribution in [0, 0.1) is 5.41 Å². The fourth-order valence-electron chi connectivity index (χ4n) is 3.66. The Morgan fingerprint density at radius 2 is 2.31 bits per heavy atom. The number of fused-ring (bicyclic) bond motifs is 1. The summed E-state index contributed by atoms with van der Waals surface area (Å²) in [6, 6.07) is 1.78. The van der Waals surface area contributed by atoms with Gasteiger partial charge in [0.1, 0.15) is 11.6 Å². The van der Waals surface area contributed by atoms with E-state index >= 15 is 0 Å². The van der Waals surface area contributed by atoms with E-state index in [9.17, 15) is 0 Å². The van der Waals surface area contributed by atoms with Crippen LogP contribution in [0.4, 0.5) is 5.69 Å². The molecule has 10 heteroatoms. The average Bonchev–Trinajstić information content (AvgIpc) is 3.29. The van der Waals surface area contributed by atoms with Crippen LogP contribution in [0.3, 0.4) is 0 Å². The second-order valence-corrected chi connectivity index (χ2v) is 8.72. The van der Waals surface area contributed by atoms with Crippen LogP contribution in [0.2, 0.25) is 0 Å². The van der Waals surface area contributed by atoms with Gasteiger partial charge in [-0.25, -0.2) is 4.99 Å². The van der Waals surface area contributed by atoms with Gasteiger partial charge in [-0.1, -0.05) is 0 Å². The van der Waals surface area contributed by atoms with Gasteiger partial charge in [-0.2, -0.15) is 0 Å². The Balaban J connectivity index is 1.42. The molecule has 1 saturated heterocycles. The first-order chi connectivity index (χ1) is 15.5. The molecule has 0 radical (unpaired) electrons. The summed E-state index contributed by atoms with van der Waals surface area (Å²) in [6.07, 6.45) is 13.8. The highest BCUT2D eigenvalue weighted by Gasteiger charge is 2.25. The summed E-state index contributed by atoms with van der Waals surface area (Å²) in [4.78, 5) is 15.3. The summed E-state index contributed by atoms with van der Waals surface area (Å²) < 4.78 is 10.8. The van der Waals surface area contributed by atoms with Crippen LogP contribution in [0.5, 0.6) is 5.75 Å². The molecule has 1 aromatic heterocycles. The zero-order valence-corrected chi connectivity index (χ0v) is 18.9. The molecule has 9 nitrogen and oxygen atoms in total. The Bertz CT molecular complexity index is 1020. The highest BCUT2D eigenvalue weighted by molar-refractivity contribution is 8.26. The molecule has 0 aliphatic carbocycles. The molecule has 4 heterocycles. The number of hydrogen-bond acceptors (Lipinski definition) is 9. The first kappa shape index (κ1) is 22.1. The molecule has 2 unspecified atom stereocenters. The van der Waals surface area contributed by atoms with Crippen molar-refractivity contribution in [2.45, 2.75) is 31.4 Å². The number of aromatic nitrogens is 1. The van der Waals surface area contributed by atoms with Gasteiger partial charge in [0.15, 0.2) is 5.17 Å². The number of nitrogens with one attached hydrogen (secondary N) is 2. The molecule has 0 amide bonds. The number of methoxy groups -OCH3 is 1. The van der Waals surface area contributed by atoms with Gasteiger partial charge in [-0.3, -0.25) is 15.4 Å². The molecule has 0 aromatic carbocycles. The van der Waals surface area contributed by atoms with Crippen LogP contribution in [0.15, 0.2) is 63.9 Å². The third-order valence-corrected chi connectivity index (χ3v) is 6.02. The fraction of sp³-hybridized carbons (Fsp3) is 0.364. The number of amidine groups is 1. The SMILES string of the molecule is COc1cncc(NC2=CC3C(=CC=C(N=C(N)SC(=N)CC4CCCO4)N3C)N=C2)c1. The van der Waals surface area contributed by atoms with Crippen LogP contribution in [0.1, 0.15) is 19.3 Å². The standard InChI is InChI=1S/C22H27N7O2S/c1-29-19-9-15(27-14-8-17(30-2)13-25-11-14)12-26-18(19)5-6-21(29)28-22(24)32-20(23)10-16-4-3-7-31-16/h5-6,8-9,11-13,16,19,23,27H,3-4,7,10H2,1-2H3,(H2,24,28). The van der Waals surface area contributed by atoms with Crippen LogP contribution < -0.4 is 15.8 Å². The van der Waals surface area contributed by atoms with Gasteiger partial charge in [0.25, 0.3) is 0 Å². The van der Waals surface area contributed by atoms with E-state index in [-0.39, 0.29) is 12.1 Å². The Labute approximate surface area is 191 Å². The predicted molar refractivity (Wildman–Crippen MR) is 129 cm³/mol. The van der Waals surface area contributed by atoms with Crippen molar-refractivity contribution >= 4 is 33.9 Å². The van der Waals surface area contributed by atoms with Gasteiger partial charge in [0, 0.05) is 26.1 Å². The van der Waals surface area contributed by atoms with Crippen LogP contribution in [-0.2, 0) is 4.74 Å². The highest BCUT2D eigenvalue weighted by atomic mass is 32.2. The van der Waals surface area contributed by atoms with E-state index in [0.717, 1.165) is 36.5 Å². The minimum Gasteiger partial charge on any atom is -0.495 e. The number of pyridine rings is 1. The van der Waals surface area contributed by atoms with Crippen LogP contribution in [0.25, 0.3) is 0 Å². The molecule has 32 heavy (non-hydrogen) atoms. The Morgan fingerprint density at radius 3 is 3.09 bits per heavy atom. The van der Waals surface area contributed by atoms with Crippen molar-refractivity contribution in [3.05, 3.63) is 53.9 Å². The van der Waals surface area contributed by atoms with E-state index in [1.54, 1.807) is 25.7 Å². The first-order valence-electron chi connectivity index (χ1n) is 10.4. The van der Waals surface area contributed by atoms with E-state index in [1.807, 2.05) is 30.2 Å². The van der Waals surface area contributed by atoms with Crippen LogP contribution in [-0.4, -0.2) is 59.2 Å². The van der Waals surface area contributed by atoms with Gasteiger partial charge >= 0.3 is 0 Å². The number of anilines is 1. The number of ether oxygens (including phenoxy) is 2. The van der Waals surface area contributed by atoms with E-state index in [0.29, 0.717) is 28.2 Å². The molecule has 3 aliphatic rings. The molecule has 0 bridgehead atoms. The molecule has 1 aromatic rings. The lowest BCUT2D eigenvalue weighted by atomic mass is 10.1. The molecule has 3 aliphatic heterocycles. The van der Waals surface area contributed by atoms with Crippen LogP contribution >= 0.6 is 11.8 Å². The minimum atomic E-state index is -0.0889. The maximum Gasteiger partial charge on any atom is 0.166 e. The van der Waals surface area contributed by atoms with Gasteiger partial charge < -0.3 is 25.4 Å². The highest BCUT2D eigenvalue weighted by Crippen LogP contribution is 2.28. The third-order valence-electron chi connectivity index (χ3n) is 5.30. The van der Waals surface area contributed by atoms with Crippen molar-refractivity contribution in [3.63, 3.8) is 0 Å². The van der Waals surface area contributed by atoms with Gasteiger partial charge in [0.2, 0.25) is 0 Å². The molecule has 0 spiro atoms. The topological polar surface area (TPSA) is 121 Å². The first-order valence-corrected chi connectivity index (χ1v) is 11.2. The maximum atomic E-state index is 8.19. The number of rotatable bonds is 6. The Hall–Kier alpha value is -3.11. The summed E-state index contributed by atoms with van der Waals surface area (Å²) in [5.41, 5.74) is 8.71. The molecule has 1 fully saturated rings. The van der Waals surface area contributed by atoms with E-state index in [2.05, 4.69) is 26.4 Å². The van der Waals surface area contributed by atoms with Crippen molar-refractivity contribution < 1.29 is 9.47 Å². The molecular formula is C22H27N7O2S. The Kier molecular flexibility index (Phi) is 6.91. The molecule has 2 atom stereocenters. The largest absolute Gasteiger partial charge is 0.495 e. The van der Waals surface area contributed by atoms with Gasteiger partial charge in [-0.15, -0.1) is 0 Å². The number of nitrogens with zero attached hydrogens (tertiary/aromatic N) is 4. The number of allylic oxidation sites excluding steroid dienone is 3. The smallest absolute Gasteiger partial charge is 0.166 e. The number of hydrogen-bond donors (Lipinski definition) is 3. The summed E-state index contributed by atoms with van der Waals surface area (Å²) in [6.45, 7) is 0.779. The van der Waals surface area contributed by atoms with Crippen molar-refractivity contribution in [2.75, 3.05) is 26.1 Å². The molecule has 0 saturated carbocycles. The van der Waals surface area contributed by atoms with Crippen molar-refractivity contribution in [1.29, 1.82) is 5.41 Å². The number of likely N-dealkylation sites (N-methyl/N-ethyl adjacent to an activating group) is 1. The van der Waals surface area contributed by atoms with Crippen molar-refractivity contribution in [3.8, 4) is 5.75 Å². The second kappa shape index (κ2) is 10.0. The zero-order chi connectivity index (χ0) is 22.5. The number of thioether (sulfide) groups is 1. The molecule has 168 valence electrons. The second-order valence-electron chi connectivity index (χ2n) is 7.61. The summed E-state index contributed by atoms with van der Waals surface area (Å²) >= 11 is 1.18. The van der Waals surface area contributed by atoms with Crippen molar-refractivity contribution in [2.24, 2.45) is 15.7 Å². The lowest BCUT2D eigenvalue weighted by Gasteiger charge is -2.33. The summed E-state index contributed by atoms with van der Waals surface area (Å²) in [7, 11) is 3.56. The number of dihydropyridines is 1. The van der Waals surface area contributed by atoms with Gasteiger partial charge in [0.05, 0.1) is 60.0 Å². The summed E-state index contributed by atoms with van der Waals surface area (Å²) in [5.74, 6) is 1.39. The summed E-state index contributed by atoms with van der Waals surface area (Å²) in [5, 5.41) is 12.3. The number of nitrogens with two attached hydrogens (primary N) is 1. The maximum absolute atomic E-state index is 8.19. The fourth-order valence-corrected chi connectivity index (χ4v) is 4.32. The number of aliphatic imine (C=N–C) groups is 2. The lowest BCUT2D eigenvalue weighted by Crippen LogP contribution is -2.35. The molecule has 4 N–H and O–H groups in total. The van der Waals surface area contributed by atoms with E-state index in [1.165, 1.54) is 11.8 Å². The average molecular weight is 454 g/mol. The Morgan fingerprint density at radius 1 is 1.44 bits per heavy atom. The molecular weight excluding hydrogens is 426 g/mol. The quantitative estimate of drug-likeness (QED) is 0.447. The van der Waals surface area contributed by atoms with E-state index < -0.39 is 0 Å². The monoisotopic (exact) mass is 453 g/mol. The zero-order valence-electron chi connectivity index (χ0n) is 18.1. The third kappa shape index (κ3) is 5.38. The molecule has 4 rings (SSSR count). The minimum absolute atomic E-state index is 0.0889. The normalized spacial score (nSPS) is 22.6. The van der Waals surface area contributed by atoms with Crippen molar-refractivity contribution in [1.82, 2.24) is 9.88 Å².